The van der Waals surface area contributed by atoms with Gasteiger partial charge in [0.25, 0.3) is 11.8 Å². The summed E-state index contributed by atoms with van der Waals surface area (Å²) in [5, 5.41) is 16.3. The maximum Gasteiger partial charge on any atom is 0.407 e. The Hall–Kier alpha value is -4.58. The number of carbonyl (C=O) groups excluding carboxylic acids is 5. The minimum Gasteiger partial charge on any atom is -0.505 e. The molecule has 5 aliphatic rings. The monoisotopic (exact) mass is 828 g/mol. The van der Waals surface area contributed by atoms with Crippen molar-refractivity contribution in [2.75, 3.05) is 26.2 Å². The number of benzene rings is 1. The van der Waals surface area contributed by atoms with Crippen LogP contribution in [0.15, 0.2) is 35.7 Å². The number of aromatic hydroxyl groups is 1. The van der Waals surface area contributed by atoms with E-state index in [0.29, 0.717) is 43.4 Å². The lowest BCUT2D eigenvalue weighted by atomic mass is 9.93. The Kier molecular flexibility index (Phi) is 11.1. The lowest BCUT2D eigenvalue weighted by Gasteiger charge is -2.33. The molecule has 2 aromatic rings. The lowest BCUT2D eigenvalue weighted by Crippen LogP contribution is -2.60. The zero-order valence-electron chi connectivity index (χ0n) is 32.2. The van der Waals surface area contributed by atoms with Crippen molar-refractivity contribution in [3.8, 4) is 17.0 Å². The van der Waals surface area contributed by atoms with E-state index < -0.39 is 86.0 Å². The number of hydrogen-bond donors (Lipinski definition) is 4. The normalized spacial score (nSPS) is 28.5. The Morgan fingerprint density at radius 2 is 1.88 bits per heavy atom. The molecule has 4 N–H and O–H groups in total. The number of aromatic nitrogens is 1. The Balaban J connectivity index is 1.16. The zero-order chi connectivity index (χ0) is 40.9. The number of rotatable bonds is 7. The van der Waals surface area contributed by atoms with Crippen molar-refractivity contribution in [3.05, 3.63) is 46.6 Å². The predicted molar refractivity (Wildman–Crippen MR) is 207 cm³/mol. The molecule has 308 valence electrons. The van der Waals surface area contributed by atoms with E-state index in [1.807, 2.05) is 32.9 Å². The van der Waals surface area contributed by atoms with Gasteiger partial charge in [0.15, 0.2) is 16.6 Å². The third-order valence-corrected chi connectivity index (χ3v) is 14.0. The Labute approximate surface area is 334 Å². The van der Waals surface area contributed by atoms with Gasteiger partial charge >= 0.3 is 6.09 Å². The Morgan fingerprint density at radius 3 is 2.60 bits per heavy atom. The van der Waals surface area contributed by atoms with Crippen LogP contribution >= 0.6 is 11.3 Å². The number of likely N-dealkylation sites (tertiary alicyclic amines) is 1. The van der Waals surface area contributed by atoms with Crippen LogP contribution in [0.25, 0.3) is 11.3 Å². The second-order valence-corrected chi connectivity index (χ2v) is 19.9. The average molecular weight is 829 g/mol. The summed E-state index contributed by atoms with van der Waals surface area (Å²) in [7, 11) is -3.94. The topological polar surface area (TPSA) is 204 Å². The summed E-state index contributed by atoms with van der Waals surface area (Å²) in [5.74, 6) is -5.13. The van der Waals surface area contributed by atoms with E-state index in [9.17, 15) is 41.9 Å². The number of nitrogens with zero attached hydrogens (tertiary/aromatic N) is 3. The Bertz CT molecular complexity index is 2080. The maximum atomic E-state index is 14.6. The van der Waals surface area contributed by atoms with Crippen LogP contribution in [0, 0.1) is 29.0 Å². The summed E-state index contributed by atoms with van der Waals surface area (Å²) in [4.78, 5) is 77.3. The molecule has 1 aromatic carbocycles. The fourth-order valence-corrected chi connectivity index (χ4v) is 10.2. The number of phenols is 1. The zero-order valence-corrected chi connectivity index (χ0v) is 33.8. The number of fused-ring (bicyclic) bond motifs is 4. The van der Waals surface area contributed by atoms with Crippen LogP contribution in [0.1, 0.15) is 81.9 Å². The summed E-state index contributed by atoms with van der Waals surface area (Å²) < 4.78 is 47.5. The SMILES string of the molecule is CC(C)(C)COC(=O)N[C@H]1CCCCC/C=C\[C@H]2C[C@@]2(C(=O)NS(=O)(=O)C2CC2)NC(=O)[C@@H]2[C@H]3CN(C(=O)c4nc(-c5ccc(O)c(F)c5)cs4)C[C@H]3CN2C1=O. The molecular weight excluding hydrogens is 780 g/mol. The number of thiazole rings is 1. The van der Waals surface area contributed by atoms with Crippen LogP contribution in [-0.4, -0.2) is 107 Å². The molecule has 2 aliphatic carbocycles. The molecule has 2 saturated heterocycles. The molecule has 2 saturated carbocycles. The number of sulfonamides is 1. The molecule has 0 spiro atoms. The summed E-state index contributed by atoms with van der Waals surface area (Å²) in [6, 6.07) is 1.63. The third kappa shape index (κ3) is 8.81. The van der Waals surface area contributed by atoms with E-state index in [1.54, 1.807) is 10.3 Å². The van der Waals surface area contributed by atoms with Gasteiger partial charge in [0, 0.05) is 48.3 Å². The van der Waals surface area contributed by atoms with E-state index in [0.717, 1.165) is 30.2 Å². The number of alkyl carbamates (subject to hydrolysis) is 1. The quantitative estimate of drug-likeness (QED) is 0.298. The highest BCUT2D eigenvalue weighted by Gasteiger charge is 2.63. The molecule has 15 nitrogen and oxygen atoms in total. The van der Waals surface area contributed by atoms with Gasteiger partial charge in [-0.2, -0.15) is 0 Å². The van der Waals surface area contributed by atoms with Crippen molar-refractivity contribution in [3.63, 3.8) is 0 Å². The van der Waals surface area contributed by atoms with Crippen LogP contribution in [0.2, 0.25) is 0 Å². The van der Waals surface area contributed by atoms with Gasteiger partial charge in [-0.1, -0.05) is 45.8 Å². The number of hydrogen-bond acceptors (Lipinski definition) is 11. The largest absolute Gasteiger partial charge is 0.505 e. The van der Waals surface area contributed by atoms with E-state index in [1.165, 1.54) is 17.0 Å². The van der Waals surface area contributed by atoms with E-state index in [4.69, 9.17) is 4.74 Å². The minimum atomic E-state index is -3.94. The van der Waals surface area contributed by atoms with Gasteiger partial charge in [-0.25, -0.2) is 22.6 Å². The van der Waals surface area contributed by atoms with E-state index >= 15 is 0 Å². The summed E-state index contributed by atoms with van der Waals surface area (Å²) in [5.41, 5.74) is -1.16. The minimum absolute atomic E-state index is 0.0679. The molecule has 7 rings (SSSR count). The molecular formula is C39H49FN6O9S2. The van der Waals surface area contributed by atoms with E-state index in [2.05, 4.69) is 20.3 Å². The molecule has 4 heterocycles. The molecule has 57 heavy (non-hydrogen) atoms. The molecule has 0 bridgehead atoms. The molecule has 5 amide bonds. The lowest BCUT2D eigenvalue weighted by molar-refractivity contribution is -0.142. The Morgan fingerprint density at radius 1 is 1.11 bits per heavy atom. The van der Waals surface area contributed by atoms with Gasteiger partial charge < -0.3 is 30.3 Å². The predicted octanol–water partition coefficient (Wildman–Crippen LogP) is 3.70. The average Bonchev–Trinajstić information content (AvgIpc) is 3.97. The molecule has 4 fully saturated rings. The van der Waals surface area contributed by atoms with Crippen molar-refractivity contribution in [1.82, 2.24) is 30.1 Å². The first-order valence-electron chi connectivity index (χ1n) is 19.5. The van der Waals surface area contributed by atoms with Crippen molar-refractivity contribution in [2.45, 2.75) is 95.0 Å². The molecule has 3 aliphatic heterocycles. The molecule has 6 atom stereocenters. The summed E-state index contributed by atoms with van der Waals surface area (Å²) >= 11 is 1.07. The maximum absolute atomic E-state index is 14.6. The second kappa shape index (κ2) is 15.6. The summed E-state index contributed by atoms with van der Waals surface area (Å²) in [6.07, 6.45) is 7.13. The number of carbonyl (C=O) groups is 5. The highest BCUT2D eigenvalue weighted by molar-refractivity contribution is 7.91. The summed E-state index contributed by atoms with van der Waals surface area (Å²) in [6.45, 7) is 6.17. The third-order valence-electron chi connectivity index (χ3n) is 11.4. The standard InChI is InChI=1S/C39H49FN6O9S2/c1-38(2,3)21-55-37(52)42-28-10-8-6-4-5-7-9-24-16-39(24,36(51)44-57(53,54)25-12-13-25)43-32(48)31-26-19-45(17-23(26)18-46(31)34(28)49)35(50)33-41-29(20-56-33)22-11-14-30(47)27(40)15-22/h7,9,11,14-15,20,23-26,28,31,47H,4-6,8,10,12-13,16-19,21H2,1-3H3,(H,42,52)(H,43,48)(H,44,51)/b9-7-/t23-,24-,26-,28-,31-,39+/m0/s1. The number of amides is 5. The molecule has 18 heteroatoms. The van der Waals surface area contributed by atoms with Crippen LogP contribution in [0.3, 0.4) is 0 Å². The van der Waals surface area contributed by atoms with Gasteiger partial charge in [0.1, 0.15) is 17.6 Å². The fourth-order valence-electron chi connectivity index (χ4n) is 8.01. The van der Waals surface area contributed by atoms with Crippen molar-refractivity contribution in [1.29, 1.82) is 0 Å². The smallest absolute Gasteiger partial charge is 0.407 e. The number of halogens is 1. The number of allylic oxidation sites excluding steroid dienone is 1. The van der Waals surface area contributed by atoms with Gasteiger partial charge in [-0.05, 0) is 62.1 Å². The van der Waals surface area contributed by atoms with E-state index in [-0.39, 0.29) is 49.0 Å². The van der Waals surface area contributed by atoms with Crippen LogP contribution in [-0.2, 0) is 29.1 Å². The number of nitrogens with one attached hydrogen (secondary N) is 3. The fraction of sp³-hybridized carbons (Fsp3) is 0.590. The highest BCUT2D eigenvalue weighted by Crippen LogP contribution is 2.47. The highest BCUT2D eigenvalue weighted by atomic mass is 32.2. The molecule has 1 aromatic heterocycles. The first-order chi connectivity index (χ1) is 27.0. The molecule has 0 radical (unpaired) electrons. The van der Waals surface area contributed by atoms with Gasteiger partial charge in [-0.15, -0.1) is 11.3 Å². The van der Waals surface area contributed by atoms with Gasteiger partial charge in [0.2, 0.25) is 21.8 Å². The number of phenolic OH excluding ortho intramolecular Hbond substituents is 1. The second-order valence-electron chi connectivity index (χ2n) is 17.1. The van der Waals surface area contributed by atoms with Crippen LogP contribution in [0.5, 0.6) is 5.75 Å². The van der Waals surface area contributed by atoms with Crippen molar-refractivity contribution >= 4 is 51.1 Å². The van der Waals surface area contributed by atoms with Gasteiger partial charge in [0.05, 0.1) is 17.6 Å². The van der Waals surface area contributed by atoms with Crippen LogP contribution < -0.4 is 15.4 Å². The first kappa shape index (κ1) is 40.6. The first-order valence-corrected chi connectivity index (χ1v) is 21.9. The van der Waals surface area contributed by atoms with Crippen LogP contribution in [0.4, 0.5) is 9.18 Å². The van der Waals surface area contributed by atoms with Crippen molar-refractivity contribution in [2.24, 2.45) is 23.2 Å². The van der Waals surface area contributed by atoms with Crippen molar-refractivity contribution < 1.29 is 46.6 Å². The number of ether oxygens (including phenoxy) is 1. The van der Waals surface area contributed by atoms with Gasteiger partial charge in [-0.3, -0.25) is 23.9 Å². The molecule has 0 unspecified atom stereocenters.